The van der Waals surface area contributed by atoms with Crippen molar-refractivity contribution < 1.29 is 22.7 Å². The molecule has 7 nitrogen and oxygen atoms in total. The van der Waals surface area contributed by atoms with Crippen LogP contribution in [-0.2, 0) is 24.2 Å². The molecule has 31 heavy (non-hydrogen) atoms. The molecular formula is C22H22N2O5S2. The predicted molar refractivity (Wildman–Crippen MR) is 120 cm³/mol. The third kappa shape index (κ3) is 6.22. The molecule has 9 heteroatoms. The molecule has 3 aromatic rings. The third-order valence-electron chi connectivity index (χ3n) is 4.44. The summed E-state index contributed by atoms with van der Waals surface area (Å²) < 4.78 is 29.8. The fourth-order valence-electron chi connectivity index (χ4n) is 2.67. The van der Waals surface area contributed by atoms with Crippen LogP contribution in [0.1, 0.15) is 18.9 Å². The Hall–Kier alpha value is -3.04. The van der Waals surface area contributed by atoms with Crippen LogP contribution in [0.15, 0.2) is 64.9 Å². The van der Waals surface area contributed by atoms with E-state index in [0.717, 1.165) is 16.8 Å². The van der Waals surface area contributed by atoms with Crippen molar-refractivity contribution in [3.63, 3.8) is 0 Å². The number of nitrogens with one attached hydrogen (secondary N) is 1. The summed E-state index contributed by atoms with van der Waals surface area (Å²) in [6, 6.07) is 15.9. The zero-order valence-corrected chi connectivity index (χ0v) is 18.7. The van der Waals surface area contributed by atoms with Crippen LogP contribution in [0.3, 0.4) is 0 Å². The summed E-state index contributed by atoms with van der Waals surface area (Å²) in [7, 11) is -3.61. The molecule has 0 aliphatic carbocycles. The van der Waals surface area contributed by atoms with E-state index in [-0.39, 0.29) is 11.3 Å². The van der Waals surface area contributed by atoms with Gasteiger partial charge in [0.15, 0.2) is 21.1 Å². The maximum Gasteiger partial charge on any atom is 0.307 e. The van der Waals surface area contributed by atoms with Gasteiger partial charge in [0.1, 0.15) is 0 Å². The van der Waals surface area contributed by atoms with Gasteiger partial charge in [0, 0.05) is 10.9 Å². The van der Waals surface area contributed by atoms with Crippen molar-refractivity contribution >= 4 is 38.2 Å². The number of carbonyl (C=O) groups is 2. The molecule has 3 rings (SSSR count). The van der Waals surface area contributed by atoms with Gasteiger partial charge in [-0.2, -0.15) is 0 Å². The van der Waals surface area contributed by atoms with Crippen LogP contribution < -0.4 is 5.32 Å². The Balaban J connectivity index is 1.51. The van der Waals surface area contributed by atoms with Crippen LogP contribution in [0.2, 0.25) is 0 Å². The number of benzene rings is 2. The molecule has 0 aliphatic rings. The molecule has 1 atom stereocenters. The third-order valence-corrected chi connectivity index (χ3v) is 6.93. The highest BCUT2D eigenvalue weighted by Crippen LogP contribution is 2.24. The molecule has 1 amide bonds. The molecule has 1 unspecified atom stereocenters. The number of ether oxygens (including phenoxy) is 1. The predicted octanol–water partition coefficient (Wildman–Crippen LogP) is 3.85. The monoisotopic (exact) mass is 458 g/mol. The Kier molecular flexibility index (Phi) is 7.19. The van der Waals surface area contributed by atoms with Gasteiger partial charge in [-0.15, -0.1) is 11.3 Å². The summed E-state index contributed by atoms with van der Waals surface area (Å²) in [6.45, 7) is 3.28. The highest BCUT2D eigenvalue weighted by Gasteiger charge is 2.22. The molecule has 0 saturated carbocycles. The van der Waals surface area contributed by atoms with Gasteiger partial charge < -0.3 is 4.74 Å². The minimum Gasteiger partial charge on any atom is -0.453 e. The lowest BCUT2D eigenvalue weighted by Crippen LogP contribution is -2.30. The van der Waals surface area contributed by atoms with Gasteiger partial charge in [0.2, 0.25) is 0 Å². The molecule has 0 aliphatic heterocycles. The van der Waals surface area contributed by atoms with E-state index in [1.165, 1.54) is 30.4 Å². The van der Waals surface area contributed by atoms with E-state index >= 15 is 0 Å². The fraction of sp³-hybridized carbons (Fsp3) is 0.227. The van der Waals surface area contributed by atoms with Crippen LogP contribution in [0.25, 0.3) is 11.3 Å². The van der Waals surface area contributed by atoms with Crippen molar-refractivity contribution in [1.29, 1.82) is 0 Å². The standard InChI is InChI=1S/C22H22N2O5S2/c1-15-8-10-18(11-9-15)31(27,28)13-12-20(25)29-16(2)21(26)24-22-23-19(14-30-22)17-6-4-3-5-7-17/h3-11,14,16H,12-13H2,1-2H3,(H,23,24,26). The van der Waals surface area contributed by atoms with E-state index in [2.05, 4.69) is 10.3 Å². The van der Waals surface area contributed by atoms with E-state index < -0.39 is 33.6 Å². The Labute approximate surface area is 185 Å². The molecular weight excluding hydrogens is 436 g/mol. The Bertz CT molecular complexity index is 1160. The molecule has 1 N–H and O–H groups in total. The van der Waals surface area contributed by atoms with E-state index in [4.69, 9.17) is 4.74 Å². The van der Waals surface area contributed by atoms with Crippen molar-refractivity contribution in [2.24, 2.45) is 0 Å². The van der Waals surface area contributed by atoms with E-state index in [9.17, 15) is 18.0 Å². The summed E-state index contributed by atoms with van der Waals surface area (Å²) >= 11 is 1.26. The van der Waals surface area contributed by atoms with Crippen molar-refractivity contribution in [1.82, 2.24) is 4.98 Å². The second kappa shape index (κ2) is 9.84. The van der Waals surface area contributed by atoms with Gasteiger partial charge >= 0.3 is 5.97 Å². The fourth-order valence-corrected chi connectivity index (χ4v) is 4.61. The largest absolute Gasteiger partial charge is 0.453 e. The first kappa shape index (κ1) is 22.6. The molecule has 0 radical (unpaired) electrons. The van der Waals surface area contributed by atoms with Crippen molar-refractivity contribution in [2.45, 2.75) is 31.3 Å². The number of anilines is 1. The smallest absolute Gasteiger partial charge is 0.307 e. The number of nitrogens with zero attached hydrogens (tertiary/aromatic N) is 1. The highest BCUT2D eigenvalue weighted by molar-refractivity contribution is 7.91. The molecule has 1 aromatic heterocycles. The average molecular weight is 459 g/mol. The van der Waals surface area contributed by atoms with Crippen LogP contribution in [0.4, 0.5) is 5.13 Å². The summed E-state index contributed by atoms with van der Waals surface area (Å²) in [5.41, 5.74) is 2.59. The first-order valence-electron chi connectivity index (χ1n) is 9.55. The second-order valence-corrected chi connectivity index (χ2v) is 9.87. The lowest BCUT2D eigenvalue weighted by molar-refractivity contribution is -0.152. The molecule has 0 spiro atoms. The number of aromatic nitrogens is 1. The number of amides is 1. The van der Waals surface area contributed by atoms with E-state index in [1.54, 1.807) is 12.1 Å². The summed E-state index contributed by atoms with van der Waals surface area (Å²) in [4.78, 5) is 28.9. The SMILES string of the molecule is Cc1ccc(S(=O)(=O)CCC(=O)OC(C)C(=O)Nc2nc(-c3ccccc3)cs2)cc1. The van der Waals surface area contributed by atoms with Gasteiger partial charge in [-0.1, -0.05) is 48.0 Å². The lowest BCUT2D eigenvalue weighted by atomic mass is 10.2. The van der Waals surface area contributed by atoms with E-state index in [0.29, 0.717) is 5.13 Å². The first-order valence-corrected chi connectivity index (χ1v) is 12.1. The quantitative estimate of drug-likeness (QED) is 0.515. The normalized spacial score (nSPS) is 12.2. The van der Waals surface area contributed by atoms with Crippen molar-refractivity contribution in [3.8, 4) is 11.3 Å². The molecule has 2 aromatic carbocycles. The minimum absolute atomic E-state index is 0.148. The van der Waals surface area contributed by atoms with Gasteiger partial charge in [0.25, 0.3) is 5.91 Å². The summed E-state index contributed by atoms with van der Waals surface area (Å²) in [5.74, 6) is -1.69. The van der Waals surface area contributed by atoms with Gasteiger partial charge in [-0.3, -0.25) is 14.9 Å². The van der Waals surface area contributed by atoms with Gasteiger partial charge in [-0.25, -0.2) is 13.4 Å². The minimum atomic E-state index is -3.61. The number of thiazole rings is 1. The Morgan fingerprint density at radius 2 is 1.77 bits per heavy atom. The van der Waals surface area contributed by atoms with Gasteiger partial charge in [-0.05, 0) is 26.0 Å². The maximum absolute atomic E-state index is 12.3. The van der Waals surface area contributed by atoms with Crippen LogP contribution in [-0.4, -0.2) is 37.1 Å². The maximum atomic E-state index is 12.3. The van der Waals surface area contributed by atoms with E-state index in [1.807, 2.05) is 42.6 Å². The number of sulfone groups is 1. The topological polar surface area (TPSA) is 102 Å². The van der Waals surface area contributed by atoms with Gasteiger partial charge in [0.05, 0.1) is 22.8 Å². The summed E-state index contributed by atoms with van der Waals surface area (Å²) in [5, 5.41) is 4.81. The molecule has 1 heterocycles. The lowest BCUT2D eigenvalue weighted by Gasteiger charge is -2.12. The number of hydrogen-bond donors (Lipinski definition) is 1. The second-order valence-electron chi connectivity index (χ2n) is 6.91. The van der Waals surface area contributed by atoms with Crippen molar-refractivity contribution in [3.05, 3.63) is 65.5 Å². The highest BCUT2D eigenvalue weighted by atomic mass is 32.2. The number of esters is 1. The molecule has 0 fully saturated rings. The molecule has 162 valence electrons. The molecule has 0 bridgehead atoms. The average Bonchev–Trinajstić information content (AvgIpc) is 3.22. The van der Waals surface area contributed by atoms with Crippen LogP contribution in [0, 0.1) is 6.92 Å². The molecule has 0 saturated heterocycles. The zero-order valence-electron chi connectivity index (χ0n) is 17.1. The Morgan fingerprint density at radius 3 is 2.45 bits per heavy atom. The zero-order chi connectivity index (χ0) is 22.4. The number of aryl methyl sites for hydroxylation is 1. The van der Waals surface area contributed by atoms with Crippen LogP contribution in [0.5, 0.6) is 0 Å². The number of hydrogen-bond acceptors (Lipinski definition) is 7. The first-order chi connectivity index (χ1) is 14.7. The van der Waals surface area contributed by atoms with Crippen LogP contribution >= 0.6 is 11.3 Å². The number of rotatable bonds is 8. The number of carbonyl (C=O) groups excluding carboxylic acids is 2. The Morgan fingerprint density at radius 1 is 1.10 bits per heavy atom. The van der Waals surface area contributed by atoms with Crippen molar-refractivity contribution in [2.75, 3.05) is 11.1 Å². The summed E-state index contributed by atoms with van der Waals surface area (Å²) in [6.07, 6.45) is -1.43.